The summed E-state index contributed by atoms with van der Waals surface area (Å²) >= 11 is 9.90. The molecule has 184 valence electrons. The van der Waals surface area contributed by atoms with Gasteiger partial charge < -0.3 is 14.2 Å². The van der Waals surface area contributed by atoms with Crippen molar-refractivity contribution in [3.05, 3.63) is 73.9 Å². The number of hydrogen-bond acceptors (Lipinski definition) is 8. The first kappa shape index (κ1) is 25.9. The largest absolute Gasteiger partial charge is 0.493 e. The lowest BCUT2D eigenvalue weighted by atomic mass is 9.95. The molecule has 2 aromatic heterocycles. The number of benzene rings is 1. The third-order valence-corrected chi connectivity index (χ3v) is 8.50. The number of hydrogen-bond donors (Lipinski definition) is 0. The van der Waals surface area contributed by atoms with Crippen LogP contribution in [-0.4, -0.2) is 30.9 Å². The van der Waals surface area contributed by atoms with Crippen LogP contribution in [0, 0.1) is 0 Å². The average Bonchev–Trinajstić information content (AvgIpc) is 3.36. The number of carbonyl (C=O) groups is 1. The molecule has 0 amide bonds. The smallest absolute Gasteiger partial charge is 0.338 e. The number of carbonyl (C=O) groups excluding carboxylic acids is 1. The SMILES string of the molecule is CCOC(=O)C1=C(C)N=c2s/c(=C/c3ccc(Br)s3)c(=O)n2[C@@H]1c1cc(OC)c(OCC)cc1Br. The molecule has 11 heteroatoms. The molecule has 0 unspecified atom stereocenters. The molecule has 0 saturated heterocycles. The molecule has 3 aromatic rings. The molecular weight excluding hydrogens is 620 g/mol. The van der Waals surface area contributed by atoms with Gasteiger partial charge in [0.2, 0.25) is 0 Å². The number of nitrogens with zero attached hydrogens (tertiary/aromatic N) is 2. The van der Waals surface area contributed by atoms with Gasteiger partial charge in [0.15, 0.2) is 16.3 Å². The second-order valence-corrected chi connectivity index (χ2v) is 11.8. The number of ether oxygens (including phenoxy) is 3. The predicted octanol–water partition coefficient (Wildman–Crippen LogP) is 4.79. The lowest BCUT2D eigenvalue weighted by molar-refractivity contribution is -0.139. The molecule has 0 spiro atoms. The van der Waals surface area contributed by atoms with Crippen LogP contribution >= 0.6 is 54.5 Å². The number of esters is 1. The first-order valence-electron chi connectivity index (χ1n) is 10.7. The zero-order valence-electron chi connectivity index (χ0n) is 19.4. The molecule has 0 fully saturated rings. The maximum Gasteiger partial charge on any atom is 0.338 e. The van der Waals surface area contributed by atoms with Crippen LogP contribution in [0.15, 0.2) is 53.6 Å². The van der Waals surface area contributed by atoms with E-state index in [1.807, 2.05) is 25.1 Å². The molecule has 1 aromatic carbocycles. The van der Waals surface area contributed by atoms with E-state index >= 15 is 0 Å². The summed E-state index contributed by atoms with van der Waals surface area (Å²) < 4.78 is 20.4. The topological polar surface area (TPSA) is 79.1 Å². The molecule has 1 aliphatic heterocycles. The van der Waals surface area contributed by atoms with E-state index in [-0.39, 0.29) is 12.2 Å². The van der Waals surface area contributed by atoms with Crippen molar-refractivity contribution in [2.75, 3.05) is 20.3 Å². The third kappa shape index (κ3) is 5.04. The number of methoxy groups -OCH3 is 1. The fraction of sp³-hybridized carbons (Fsp3) is 0.292. The van der Waals surface area contributed by atoms with E-state index in [1.165, 1.54) is 22.7 Å². The number of thiophene rings is 1. The normalized spacial score (nSPS) is 15.6. The van der Waals surface area contributed by atoms with Crippen molar-refractivity contribution in [2.45, 2.75) is 26.8 Å². The second kappa shape index (κ2) is 10.8. The molecular formula is C24H22Br2N2O5S2. The van der Waals surface area contributed by atoms with Crippen molar-refractivity contribution in [1.82, 2.24) is 4.57 Å². The van der Waals surface area contributed by atoms with Crippen LogP contribution in [0.4, 0.5) is 0 Å². The van der Waals surface area contributed by atoms with Crippen molar-refractivity contribution < 1.29 is 19.0 Å². The quantitative estimate of drug-likeness (QED) is 0.347. The summed E-state index contributed by atoms with van der Waals surface area (Å²) in [6, 6.07) is 6.68. The minimum Gasteiger partial charge on any atom is -0.493 e. The van der Waals surface area contributed by atoms with Crippen molar-refractivity contribution in [3.8, 4) is 11.5 Å². The molecule has 1 aliphatic rings. The van der Waals surface area contributed by atoms with Crippen molar-refractivity contribution in [2.24, 2.45) is 4.99 Å². The number of allylic oxidation sites excluding steroid dienone is 1. The van der Waals surface area contributed by atoms with E-state index in [1.54, 1.807) is 37.7 Å². The summed E-state index contributed by atoms with van der Waals surface area (Å²) in [6.07, 6.45) is 1.84. The van der Waals surface area contributed by atoms with Crippen molar-refractivity contribution in [3.63, 3.8) is 0 Å². The van der Waals surface area contributed by atoms with Crippen LogP contribution in [0.2, 0.25) is 0 Å². The summed E-state index contributed by atoms with van der Waals surface area (Å²) in [5.41, 5.74) is 1.22. The molecule has 1 atom stereocenters. The Morgan fingerprint density at radius 2 is 1.94 bits per heavy atom. The highest BCUT2D eigenvalue weighted by Gasteiger charge is 2.35. The van der Waals surface area contributed by atoms with E-state index in [2.05, 4.69) is 36.9 Å². The maximum absolute atomic E-state index is 13.7. The first-order valence-corrected chi connectivity index (χ1v) is 14.0. The van der Waals surface area contributed by atoms with Gasteiger partial charge in [0, 0.05) is 9.35 Å². The standard InChI is InChI=1S/C24H22Br2N2O5S2/c1-5-32-17-11-15(25)14(10-16(17)31-4)21-20(23(30)33-6-2)12(3)27-24-28(21)22(29)18(35-24)9-13-7-8-19(26)34-13/h7-11,21H,5-6H2,1-4H3/b18-9+/t21-/m1/s1. The number of aromatic nitrogens is 1. The molecule has 0 bridgehead atoms. The Morgan fingerprint density at radius 3 is 2.57 bits per heavy atom. The summed E-state index contributed by atoms with van der Waals surface area (Å²) in [4.78, 5) is 32.9. The molecule has 0 radical (unpaired) electrons. The zero-order valence-corrected chi connectivity index (χ0v) is 24.2. The summed E-state index contributed by atoms with van der Waals surface area (Å²) in [7, 11) is 1.55. The van der Waals surface area contributed by atoms with Gasteiger partial charge in [-0.05, 0) is 72.6 Å². The van der Waals surface area contributed by atoms with Gasteiger partial charge in [-0.1, -0.05) is 27.3 Å². The molecule has 3 heterocycles. The minimum absolute atomic E-state index is 0.202. The minimum atomic E-state index is -0.763. The van der Waals surface area contributed by atoms with Crippen LogP contribution in [0.5, 0.6) is 11.5 Å². The molecule has 0 saturated carbocycles. The van der Waals surface area contributed by atoms with Gasteiger partial charge in [0.25, 0.3) is 5.56 Å². The lowest BCUT2D eigenvalue weighted by Crippen LogP contribution is -2.40. The zero-order chi connectivity index (χ0) is 25.3. The first-order chi connectivity index (χ1) is 16.8. The number of rotatable bonds is 7. The fourth-order valence-corrected chi connectivity index (χ4v) is 6.83. The molecule has 7 nitrogen and oxygen atoms in total. The van der Waals surface area contributed by atoms with E-state index in [0.717, 1.165) is 8.66 Å². The maximum atomic E-state index is 13.7. The van der Waals surface area contributed by atoms with E-state index in [4.69, 9.17) is 14.2 Å². The van der Waals surface area contributed by atoms with Crippen LogP contribution in [0.25, 0.3) is 6.08 Å². The second-order valence-electron chi connectivity index (χ2n) is 7.40. The third-order valence-electron chi connectivity index (χ3n) is 5.26. The van der Waals surface area contributed by atoms with Crippen molar-refractivity contribution in [1.29, 1.82) is 0 Å². The summed E-state index contributed by atoms with van der Waals surface area (Å²) in [5, 5.41) is 0. The predicted molar refractivity (Wildman–Crippen MR) is 144 cm³/mol. The number of thiazole rings is 1. The average molecular weight is 642 g/mol. The van der Waals surface area contributed by atoms with Crippen LogP contribution in [0.3, 0.4) is 0 Å². The monoisotopic (exact) mass is 640 g/mol. The highest BCUT2D eigenvalue weighted by molar-refractivity contribution is 9.11. The van der Waals surface area contributed by atoms with Crippen molar-refractivity contribution >= 4 is 66.6 Å². The number of fused-ring (bicyclic) bond motifs is 1. The fourth-order valence-electron chi connectivity index (χ4n) is 3.81. The highest BCUT2D eigenvalue weighted by Crippen LogP contribution is 2.41. The summed E-state index contributed by atoms with van der Waals surface area (Å²) in [5.74, 6) is 0.531. The molecule has 4 rings (SSSR count). The van der Waals surface area contributed by atoms with E-state index in [0.29, 0.717) is 48.7 Å². The van der Waals surface area contributed by atoms with Gasteiger partial charge in [-0.3, -0.25) is 9.36 Å². The van der Waals surface area contributed by atoms with Gasteiger partial charge >= 0.3 is 5.97 Å². The molecule has 0 N–H and O–H groups in total. The Bertz CT molecular complexity index is 1500. The Morgan fingerprint density at radius 1 is 1.17 bits per heavy atom. The van der Waals surface area contributed by atoms with Gasteiger partial charge in [-0.2, -0.15) is 0 Å². The van der Waals surface area contributed by atoms with E-state index < -0.39 is 12.0 Å². The van der Waals surface area contributed by atoms with Gasteiger partial charge in [-0.25, -0.2) is 9.79 Å². The summed E-state index contributed by atoms with van der Waals surface area (Å²) in [6.45, 7) is 6.05. The Kier molecular flexibility index (Phi) is 7.99. The van der Waals surface area contributed by atoms with E-state index in [9.17, 15) is 9.59 Å². The lowest BCUT2D eigenvalue weighted by Gasteiger charge is -2.26. The highest BCUT2D eigenvalue weighted by atomic mass is 79.9. The van der Waals surface area contributed by atoms with Gasteiger partial charge in [0.05, 0.1) is 46.0 Å². The van der Waals surface area contributed by atoms with Crippen LogP contribution in [-0.2, 0) is 9.53 Å². The Hall–Kier alpha value is -2.21. The van der Waals surface area contributed by atoms with Crippen LogP contribution in [0.1, 0.15) is 37.3 Å². The Labute approximate surface area is 226 Å². The van der Waals surface area contributed by atoms with Crippen LogP contribution < -0.4 is 24.4 Å². The number of halogens is 2. The van der Waals surface area contributed by atoms with Gasteiger partial charge in [-0.15, -0.1) is 11.3 Å². The Balaban J connectivity index is 2.00. The van der Waals surface area contributed by atoms with Gasteiger partial charge in [0.1, 0.15) is 0 Å². The molecule has 35 heavy (non-hydrogen) atoms. The molecule has 0 aliphatic carbocycles.